The molecule has 0 spiro atoms. The standard InChI is InChI=1S/C12H15N5/c13-11-8-2-1-7(5-8)10(11)12-16-15-9-6-14-3-4-17(9)12/h3-4,6-8,10-11H,1-2,5,13H2. The van der Waals surface area contributed by atoms with E-state index in [2.05, 4.69) is 15.2 Å². The maximum atomic E-state index is 6.35. The van der Waals surface area contributed by atoms with E-state index >= 15 is 0 Å². The summed E-state index contributed by atoms with van der Waals surface area (Å²) in [6.45, 7) is 0. The molecule has 5 heteroatoms. The van der Waals surface area contributed by atoms with Crippen LogP contribution < -0.4 is 5.73 Å². The zero-order chi connectivity index (χ0) is 11.4. The number of nitrogens with zero attached hydrogens (tertiary/aromatic N) is 4. The van der Waals surface area contributed by atoms with Gasteiger partial charge in [-0.15, -0.1) is 10.2 Å². The molecule has 2 saturated carbocycles. The van der Waals surface area contributed by atoms with Gasteiger partial charge in [0.2, 0.25) is 0 Å². The lowest BCUT2D eigenvalue weighted by Gasteiger charge is -2.26. The molecule has 0 aromatic carbocycles. The molecule has 2 heterocycles. The van der Waals surface area contributed by atoms with Crippen molar-refractivity contribution in [3.63, 3.8) is 0 Å². The van der Waals surface area contributed by atoms with Crippen molar-refractivity contribution in [2.45, 2.75) is 31.2 Å². The molecule has 2 aliphatic rings. The van der Waals surface area contributed by atoms with Crippen LogP contribution in [0.2, 0.25) is 0 Å². The third-order valence-corrected chi connectivity index (χ3v) is 4.52. The Hall–Kier alpha value is -1.49. The van der Waals surface area contributed by atoms with Crippen LogP contribution in [0.15, 0.2) is 18.6 Å². The maximum absolute atomic E-state index is 6.35. The van der Waals surface area contributed by atoms with E-state index < -0.39 is 0 Å². The fraction of sp³-hybridized carbons (Fsp3) is 0.583. The first-order valence-electron chi connectivity index (χ1n) is 6.25. The van der Waals surface area contributed by atoms with E-state index in [4.69, 9.17) is 5.73 Å². The van der Waals surface area contributed by atoms with Crippen LogP contribution in [0.1, 0.15) is 31.0 Å². The number of hydrogen-bond acceptors (Lipinski definition) is 4. The minimum Gasteiger partial charge on any atom is -0.327 e. The second-order valence-electron chi connectivity index (χ2n) is 5.30. The van der Waals surface area contributed by atoms with Gasteiger partial charge >= 0.3 is 0 Å². The molecule has 4 unspecified atom stereocenters. The second kappa shape index (κ2) is 3.26. The SMILES string of the molecule is NC1C2CCC(C2)C1c1nnc2cnccn12. The van der Waals surface area contributed by atoms with Crippen LogP contribution in [0.5, 0.6) is 0 Å². The van der Waals surface area contributed by atoms with E-state index in [1.807, 2.05) is 10.6 Å². The summed E-state index contributed by atoms with van der Waals surface area (Å²) < 4.78 is 2.04. The minimum absolute atomic E-state index is 0.259. The Balaban J connectivity index is 1.84. The second-order valence-corrected chi connectivity index (χ2v) is 5.30. The Morgan fingerprint density at radius 3 is 2.94 bits per heavy atom. The van der Waals surface area contributed by atoms with Crippen molar-refractivity contribution in [3.8, 4) is 0 Å². The maximum Gasteiger partial charge on any atom is 0.179 e. The molecule has 2 aliphatic carbocycles. The van der Waals surface area contributed by atoms with Crippen molar-refractivity contribution in [1.82, 2.24) is 19.6 Å². The molecule has 0 aliphatic heterocycles. The molecule has 4 rings (SSSR count). The molecule has 17 heavy (non-hydrogen) atoms. The highest BCUT2D eigenvalue weighted by molar-refractivity contribution is 5.35. The number of hydrogen-bond donors (Lipinski definition) is 1. The van der Waals surface area contributed by atoms with Gasteiger partial charge in [0, 0.05) is 24.4 Å². The van der Waals surface area contributed by atoms with Crippen molar-refractivity contribution in [3.05, 3.63) is 24.4 Å². The fourth-order valence-corrected chi connectivity index (χ4v) is 3.72. The molecule has 2 N–H and O–H groups in total. The van der Waals surface area contributed by atoms with E-state index in [9.17, 15) is 0 Å². The number of aromatic nitrogens is 4. The lowest BCUT2D eigenvalue weighted by atomic mass is 9.84. The lowest BCUT2D eigenvalue weighted by molar-refractivity contribution is 0.352. The van der Waals surface area contributed by atoms with E-state index in [-0.39, 0.29) is 6.04 Å². The molecule has 2 fully saturated rings. The van der Waals surface area contributed by atoms with Gasteiger partial charge in [0.15, 0.2) is 5.65 Å². The molecular weight excluding hydrogens is 214 g/mol. The van der Waals surface area contributed by atoms with Gasteiger partial charge in [-0.2, -0.15) is 0 Å². The Bertz CT molecular complexity index is 561. The molecule has 2 bridgehead atoms. The van der Waals surface area contributed by atoms with E-state index in [1.165, 1.54) is 19.3 Å². The Labute approximate surface area is 99.1 Å². The van der Waals surface area contributed by atoms with Gasteiger partial charge < -0.3 is 5.73 Å². The van der Waals surface area contributed by atoms with E-state index in [0.717, 1.165) is 11.5 Å². The lowest BCUT2D eigenvalue weighted by Crippen LogP contribution is -2.35. The van der Waals surface area contributed by atoms with Crippen molar-refractivity contribution < 1.29 is 0 Å². The summed E-state index contributed by atoms with van der Waals surface area (Å²) in [5, 5.41) is 8.52. The number of fused-ring (bicyclic) bond motifs is 3. The van der Waals surface area contributed by atoms with Crippen molar-refractivity contribution >= 4 is 5.65 Å². The van der Waals surface area contributed by atoms with Crippen LogP contribution in [0, 0.1) is 11.8 Å². The molecule has 88 valence electrons. The monoisotopic (exact) mass is 229 g/mol. The van der Waals surface area contributed by atoms with Gasteiger partial charge in [0.1, 0.15) is 5.82 Å². The van der Waals surface area contributed by atoms with Crippen molar-refractivity contribution in [2.75, 3.05) is 0 Å². The third-order valence-electron chi connectivity index (χ3n) is 4.52. The smallest absolute Gasteiger partial charge is 0.179 e. The van der Waals surface area contributed by atoms with Crippen LogP contribution in [0.4, 0.5) is 0 Å². The average molecular weight is 229 g/mol. The normalized spacial score (nSPS) is 35.8. The summed E-state index contributed by atoms with van der Waals surface area (Å²) in [5.74, 6) is 2.81. The van der Waals surface area contributed by atoms with Gasteiger partial charge in [-0.3, -0.25) is 9.38 Å². The molecule has 2 aromatic rings. The largest absolute Gasteiger partial charge is 0.327 e. The Kier molecular flexibility index (Phi) is 1.83. The van der Waals surface area contributed by atoms with Crippen LogP contribution in [-0.2, 0) is 0 Å². The fourth-order valence-electron chi connectivity index (χ4n) is 3.72. The quantitative estimate of drug-likeness (QED) is 0.791. The molecule has 0 saturated heterocycles. The summed E-state index contributed by atoms with van der Waals surface area (Å²) in [7, 11) is 0. The topological polar surface area (TPSA) is 69.1 Å². The highest BCUT2D eigenvalue weighted by Gasteiger charge is 2.48. The summed E-state index contributed by atoms with van der Waals surface area (Å²) in [5.41, 5.74) is 7.17. The van der Waals surface area contributed by atoms with E-state index in [0.29, 0.717) is 17.8 Å². The van der Waals surface area contributed by atoms with Gasteiger partial charge in [-0.05, 0) is 31.1 Å². The number of rotatable bonds is 1. The zero-order valence-corrected chi connectivity index (χ0v) is 9.53. The molecular formula is C12H15N5. The van der Waals surface area contributed by atoms with Gasteiger partial charge in [0.05, 0.1) is 6.20 Å². The summed E-state index contributed by atoms with van der Waals surface area (Å²) in [4.78, 5) is 4.07. The Morgan fingerprint density at radius 2 is 2.12 bits per heavy atom. The Morgan fingerprint density at radius 1 is 1.24 bits per heavy atom. The minimum atomic E-state index is 0.259. The average Bonchev–Trinajstić information content (AvgIpc) is 3.02. The predicted molar refractivity (Wildman–Crippen MR) is 62.3 cm³/mol. The zero-order valence-electron chi connectivity index (χ0n) is 9.53. The highest BCUT2D eigenvalue weighted by Crippen LogP contribution is 2.51. The van der Waals surface area contributed by atoms with Crippen molar-refractivity contribution in [2.24, 2.45) is 17.6 Å². The van der Waals surface area contributed by atoms with Crippen LogP contribution >= 0.6 is 0 Å². The van der Waals surface area contributed by atoms with E-state index in [1.54, 1.807) is 12.4 Å². The first-order valence-corrected chi connectivity index (χ1v) is 6.25. The summed E-state index contributed by atoms with van der Waals surface area (Å²) in [6, 6.07) is 0.259. The first-order chi connectivity index (χ1) is 8.34. The summed E-state index contributed by atoms with van der Waals surface area (Å²) in [6.07, 6.45) is 9.31. The van der Waals surface area contributed by atoms with Gasteiger partial charge in [-0.1, -0.05) is 0 Å². The molecule has 0 radical (unpaired) electrons. The van der Waals surface area contributed by atoms with Gasteiger partial charge in [-0.25, -0.2) is 0 Å². The molecule has 0 amide bonds. The first kappa shape index (κ1) is 9.53. The predicted octanol–water partition coefficient (Wildman–Crippen LogP) is 0.965. The van der Waals surface area contributed by atoms with Crippen LogP contribution in [0.25, 0.3) is 5.65 Å². The third kappa shape index (κ3) is 1.20. The molecule has 4 atom stereocenters. The van der Waals surface area contributed by atoms with Gasteiger partial charge in [0.25, 0.3) is 0 Å². The number of nitrogens with two attached hydrogens (primary N) is 1. The molecule has 2 aromatic heterocycles. The summed E-state index contributed by atoms with van der Waals surface area (Å²) >= 11 is 0. The van der Waals surface area contributed by atoms with Crippen molar-refractivity contribution in [1.29, 1.82) is 0 Å². The highest BCUT2D eigenvalue weighted by atomic mass is 15.3. The molecule has 5 nitrogen and oxygen atoms in total. The van der Waals surface area contributed by atoms with Crippen LogP contribution in [0.3, 0.4) is 0 Å². The van der Waals surface area contributed by atoms with Crippen LogP contribution in [-0.4, -0.2) is 25.6 Å².